The van der Waals surface area contributed by atoms with E-state index in [1.54, 1.807) is 31.2 Å². The molecule has 192 valence electrons. The largest absolute Gasteiger partial charge is 0.416 e. The minimum absolute atomic E-state index is 0.0155. The van der Waals surface area contributed by atoms with Crippen LogP contribution < -0.4 is 9.62 Å². The van der Waals surface area contributed by atoms with Gasteiger partial charge in [0.25, 0.3) is 0 Å². The summed E-state index contributed by atoms with van der Waals surface area (Å²) in [6.07, 6.45) is -3.88. The lowest BCUT2D eigenvalue weighted by Gasteiger charge is -2.29. The van der Waals surface area contributed by atoms with Crippen LogP contribution in [0.5, 0.6) is 0 Å². The number of anilines is 1. The van der Waals surface area contributed by atoms with Crippen molar-refractivity contribution >= 4 is 39.1 Å². The zero-order chi connectivity index (χ0) is 26.4. The molecule has 7 nitrogen and oxygen atoms in total. The van der Waals surface area contributed by atoms with E-state index in [1.807, 2.05) is 0 Å². The summed E-state index contributed by atoms with van der Waals surface area (Å²) in [6, 6.07) is 9.99. The van der Waals surface area contributed by atoms with Gasteiger partial charge in [0.15, 0.2) is 0 Å². The summed E-state index contributed by atoms with van der Waals surface area (Å²) in [5, 5.41) is 2.91. The van der Waals surface area contributed by atoms with Crippen LogP contribution >= 0.6 is 11.6 Å². The molecule has 0 unspecified atom stereocenters. The molecule has 2 aromatic carbocycles. The molecule has 0 aliphatic carbocycles. The summed E-state index contributed by atoms with van der Waals surface area (Å²) in [6.45, 7) is 1.38. The van der Waals surface area contributed by atoms with Gasteiger partial charge >= 0.3 is 6.18 Å². The van der Waals surface area contributed by atoms with Gasteiger partial charge in [-0.3, -0.25) is 13.9 Å². The maximum absolute atomic E-state index is 13.1. The molecule has 12 heteroatoms. The number of nitrogens with one attached hydrogen (secondary N) is 1. The first-order chi connectivity index (χ1) is 16.3. The average Bonchev–Trinajstić information content (AvgIpc) is 2.78. The Labute approximate surface area is 207 Å². The predicted molar refractivity (Wildman–Crippen MR) is 128 cm³/mol. The maximum atomic E-state index is 13.1. The minimum Gasteiger partial charge on any atom is -0.357 e. The molecule has 0 saturated carbocycles. The van der Waals surface area contributed by atoms with Gasteiger partial charge < -0.3 is 10.2 Å². The van der Waals surface area contributed by atoms with Crippen LogP contribution in [0, 0.1) is 0 Å². The first-order valence-corrected chi connectivity index (χ1v) is 12.9. The molecule has 1 atom stereocenters. The Balaban J connectivity index is 2.21. The normalized spacial score (nSPS) is 12.7. The molecular weight excluding hydrogens is 507 g/mol. The Morgan fingerprint density at radius 3 is 2.34 bits per heavy atom. The van der Waals surface area contributed by atoms with Crippen LogP contribution in [0.25, 0.3) is 0 Å². The van der Waals surface area contributed by atoms with Crippen molar-refractivity contribution in [1.29, 1.82) is 0 Å². The topological polar surface area (TPSA) is 86.8 Å². The lowest BCUT2D eigenvalue weighted by molar-refractivity contribution is -0.140. The summed E-state index contributed by atoms with van der Waals surface area (Å²) in [4.78, 5) is 26.6. The van der Waals surface area contributed by atoms with E-state index in [1.165, 1.54) is 18.0 Å². The number of benzene rings is 2. The first kappa shape index (κ1) is 28.4. The van der Waals surface area contributed by atoms with E-state index < -0.39 is 39.6 Å². The maximum Gasteiger partial charge on any atom is 0.416 e. The average molecular weight is 534 g/mol. The Kier molecular flexibility index (Phi) is 9.56. The molecule has 0 radical (unpaired) electrons. The summed E-state index contributed by atoms with van der Waals surface area (Å²) < 4.78 is 64.7. The molecular formula is C23H27ClF3N3O4S. The number of alkyl halides is 3. The number of amides is 2. The second kappa shape index (κ2) is 11.8. The third-order valence-electron chi connectivity index (χ3n) is 5.33. The number of likely N-dealkylation sites (N-methyl/N-ethyl adjacent to an activating group) is 1. The third-order valence-corrected chi connectivity index (χ3v) is 6.89. The van der Waals surface area contributed by atoms with Crippen LogP contribution in [0.15, 0.2) is 48.5 Å². The summed E-state index contributed by atoms with van der Waals surface area (Å²) in [5.74, 6) is -0.828. The van der Waals surface area contributed by atoms with Gasteiger partial charge in [0.2, 0.25) is 21.8 Å². The van der Waals surface area contributed by atoms with Crippen molar-refractivity contribution in [3.8, 4) is 0 Å². The van der Waals surface area contributed by atoms with E-state index in [9.17, 15) is 31.2 Å². The molecule has 0 aliphatic rings. The first-order valence-electron chi connectivity index (χ1n) is 10.6. The van der Waals surface area contributed by atoms with Crippen molar-refractivity contribution in [2.75, 3.05) is 24.2 Å². The third kappa shape index (κ3) is 7.86. The van der Waals surface area contributed by atoms with Crippen molar-refractivity contribution in [3.05, 3.63) is 64.7 Å². The van der Waals surface area contributed by atoms with E-state index >= 15 is 0 Å². The van der Waals surface area contributed by atoms with Crippen molar-refractivity contribution in [2.24, 2.45) is 0 Å². The van der Waals surface area contributed by atoms with Crippen LogP contribution in [0.3, 0.4) is 0 Å². The molecule has 0 saturated heterocycles. The van der Waals surface area contributed by atoms with E-state index in [4.69, 9.17) is 11.6 Å². The molecule has 2 rings (SSSR count). The number of hydrogen-bond donors (Lipinski definition) is 1. The SMILES string of the molecule is CNC(=O)[C@H](C)N(Cc1ccccc1Cl)C(=O)CCCN(c1cccc(C(F)(F)F)c1)S(C)(=O)=O. The standard InChI is InChI=1S/C23H27ClF3N3O4S/c1-16(22(32)28-2)29(15-17-8-4-5-11-20(17)24)21(31)12-7-13-30(35(3,33)34)19-10-6-9-18(14-19)23(25,26)27/h4-6,8-11,14,16H,7,12-13,15H2,1-3H3,(H,28,32)/t16-/m0/s1. The van der Waals surface area contributed by atoms with Crippen LogP contribution in [0.1, 0.15) is 30.9 Å². The highest BCUT2D eigenvalue weighted by molar-refractivity contribution is 7.92. The molecule has 1 N–H and O–H groups in total. The molecule has 0 spiro atoms. The molecule has 35 heavy (non-hydrogen) atoms. The van der Waals surface area contributed by atoms with E-state index in [-0.39, 0.29) is 31.6 Å². The van der Waals surface area contributed by atoms with Crippen LogP contribution in [-0.2, 0) is 32.3 Å². The highest BCUT2D eigenvalue weighted by Gasteiger charge is 2.32. The quantitative estimate of drug-likeness (QED) is 0.499. The van der Waals surface area contributed by atoms with E-state index in [0.717, 1.165) is 28.8 Å². The summed E-state index contributed by atoms with van der Waals surface area (Å²) in [7, 11) is -2.49. The van der Waals surface area contributed by atoms with E-state index in [2.05, 4.69) is 5.32 Å². The van der Waals surface area contributed by atoms with Gasteiger partial charge in [-0.2, -0.15) is 13.2 Å². The van der Waals surface area contributed by atoms with Crippen LogP contribution in [0.2, 0.25) is 5.02 Å². The Morgan fingerprint density at radius 1 is 1.11 bits per heavy atom. The predicted octanol–water partition coefficient (Wildman–Crippen LogP) is 4.07. The van der Waals surface area contributed by atoms with Crippen molar-refractivity contribution in [3.63, 3.8) is 0 Å². The number of carbonyl (C=O) groups is 2. The highest BCUT2D eigenvalue weighted by atomic mass is 35.5. The van der Waals surface area contributed by atoms with Gasteiger partial charge in [-0.1, -0.05) is 35.9 Å². The Bertz CT molecular complexity index is 1160. The van der Waals surface area contributed by atoms with Gasteiger partial charge in [-0.15, -0.1) is 0 Å². The highest BCUT2D eigenvalue weighted by Crippen LogP contribution is 2.32. The van der Waals surface area contributed by atoms with Crippen LogP contribution in [0.4, 0.5) is 18.9 Å². The fourth-order valence-electron chi connectivity index (χ4n) is 3.44. The number of nitrogens with zero attached hydrogens (tertiary/aromatic N) is 2. The second-order valence-corrected chi connectivity index (χ2v) is 10.2. The molecule has 0 heterocycles. The van der Waals surface area contributed by atoms with Gasteiger partial charge in [-0.25, -0.2) is 8.42 Å². The number of hydrogen-bond acceptors (Lipinski definition) is 4. The Hall–Kier alpha value is -2.79. The molecule has 0 aromatic heterocycles. The Morgan fingerprint density at radius 2 is 1.77 bits per heavy atom. The van der Waals surface area contributed by atoms with Crippen molar-refractivity contribution < 1.29 is 31.2 Å². The van der Waals surface area contributed by atoms with Crippen LogP contribution in [-0.4, -0.2) is 51.0 Å². The van der Waals surface area contributed by atoms with Crippen molar-refractivity contribution in [1.82, 2.24) is 10.2 Å². The lowest BCUT2D eigenvalue weighted by atomic mass is 10.1. The molecule has 2 aromatic rings. The molecule has 2 amide bonds. The molecule has 0 aliphatic heterocycles. The van der Waals surface area contributed by atoms with Gasteiger partial charge in [0, 0.05) is 31.6 Å². The van der Waals surface area contributed by atoms with Gasteiger partial charge in [0.1, 0.15) is 6.04 Å². The lowest BCUT2D eigenvalue weighted by Crippen LogP contribution is -2.46. The smallest absolute Gasteiger partial charge is 0.357 e. The fraction of sp³-hybridized carbons (Fsp3) is 0.391. The van der Waals surface area contributed by atoms with E-state index in [0.29, 0.717) is 10.6 Å². The molecule has 0 fully saturated rings. The zero-order valence-electron chi connectivity index (χ0n) is 19.5. The summed E-state index contributed by atoms with van der Waals surface area (Å²) in [5.41, 5.74) is -0.508. The fourth-order valence-corrected chi connectivity index (χ4v) is 4.60. The second-order valence-electron chi connectivity index (χ2n) is 7.89. The number of halogens is 4. The molecule has 0 bridgehead atoms. The van der Waals surface area contributed by atoms with Gasteiger partial charge in [0.05, 0.1) is 17.5 Å². The zero-order valence-corrected chi connectivity index (χ0v) is 21.0. The number of rotatable bonds is 10. The van der Waals surface area contributed by atoms with Gasteiger partial charge in [-0.05, 0) is 43.2 Å². The number of sulfonamides is 1. The minimum atomic E-state index is -4.63. The monoisotopic (exact) mass is 533 g/mol. The number of carbonyl (C=O) groups excluding carboxylic acids is 2. The van der Waals surface area contributed by atoms with Crippen molar-refractivity contribution in [2.45, 2.75) is 38.5 Å². The summed E-state index contributed by atoms with van der Waals surface area (Å²) >= 11 is 6.21.